The van der Waals surface area contributed by atoms with Gasteiger partial charge in [-0.2, -0.15) is 0 Å². The van der Waals surface area contributed by atoms with E-state index in [4.69, 9.17) is 5.73 Å². The Labute approximate surface area is 119 Å². The second kappa shape index (κ2) is 6.33. The number of amides is 1. The van der Waals surface area contributed by atoms with Crippen LogP contribution in [0.2, 0.25) is 0 Å². The van der Waals surface area contributed by atoms with Crippen molar-refractivity contribution in [2.75, 3.05) is 12.8 Å². The first kappa shape index (κ1) is 14.3. The van der Waals surface area contributed by atoms with Crippen LogP contribution < -0.4 is 11.1 Å². The molecule has 1 aliphatic rings. The number of rotatable bonds is 3. The highest BCUT2D eigenvalue weighted by Crippen LogP contribution is 2.38. The van der Waals surface area contributed by atoms with E-state index in [-0.39, 0.29) is 5.91 Å². The molecule has 0 bridgehead atoms. The minimum atomic E-state index is -0.0884. The van der Waals surface area contributed by atoms with Crippen LogP contribution in [-0.2, 0) is 0 Å². The normalized spacial score (nSPS) is 23.1. The van der Waals surface area contributed by atoms with Gasteiger partial charge in [0.05, 0.1) is 0 Å². The maximum absolute atomic E-state index is 11.5. The largest absolute Gasteiger partial charge is 0.398 e. The molecule has 0 spiro atoms. The van der Waals surface area contributed by atoms with Gasteiger partial charge >= 0.3 is 0 Å². The lowest BCUT2D eigenvalue weighted by molar-refractivity contribution is 0.0963. The van der Waals surface area contributed by atoms with Gasteiger partial charge < -0.3 is 11.1 Å². The topological polar surface area (TPSA) is 55.1 Å². The van der Waals surface area contributed by atoms with Crippen LogP contribution in [0.15, 0.2) is 23.1 Å². The van der Waals surface area contributed by atoms with E-state index in [2.05, 4.69) is 12.2 Å². The summed E-state index contributed by atoms with van der Waals surface area (Å²) in [5.41, 5.74) is 7.40. The zero-order chi connectivity index (χ0) is 13.8. The standard InChI is InChI=1S/C15H22N2OS/c1-10-4-3-5-12(8-10)19-14-7-6-11(9-13(14)16)15(18)17-2/h6-7,9-10,12H,3-5,8,16H2,1-2H3,(H,17,18). The van der Waals surface area contributed by atoms with Crippen molar-refractivity contribution >= 4 is 23.4 Å². The summed E-state index contributed by atoms with van der Waals surface area (Å²) in [5, 5.41) is 3.28. The first-order valence-corrected chi connectivity index (χ1v) is 7.76. The number of nitrogens with one attached hydrogen (secondary N) is 1. The molecule has 1 aromatic rings. The third-order valence-corrected chi connectivity index (χ3v) is 5.07. The summed E-state index contributed by atoms with van der Waals surface area (Å²) in [6, 6.07) is 5.60. The van der Waals surface area contributed by atoms with E-state index >= 15 is 0 Å². The fourth-order valence-electron chi connectivity index (χ4n) is 2.61. The second-order valence-electron chi connectivity index (χ2n) is 5.34. The summed E-state index contributed by atoms with van der Waals surface area (Å²) in [4.78, 5) is 12.6. The molecule has 0 aromatic heterocycles. The van der Waals surface area contributed by atoms with E-state index in [0.717, 1.165) is 10.8 Å². The van der Waals surface area contributed by atoms with Gasteiger partial charge in [0.2, 0.25) is 0 Å². The highest BCUT2D eigenvalue weighted by atomic mass is 32.2. The molecule has 0 radical (unpaired) electrons. The van der Waals surface area contributed by atoms with Crippen molar-refractivity contribution in [3.63, 3.8) is 0 Å². The summed E-state index contributed by atoms with van der Waals surface area (Å²) in [6.07, 6.45) is 5.20. The summed E-state index contributed by atoms with van der Waals surface area (Å²) < 4.78 is 0. The van der Waals surface area contributed by atoms with E-state index in [9.17, 15) is 4.79 Å². The van der Waals surface area contributed by atoms with Crippen LogP contribution in [-0.4, -0.2) is 18.2 Å². The van der Waals surface area contributed by atoms with Gasteiger partial charge in [-0.25, -0.2) is 0 Å². The number of hydrogen-bond acceptors (Lipinski definition) is 3. The van der Waals surface area contributed by atoms with Gasteiger partial charge in [0.1, 0.15) is 0 Å². The Bertz CT molecular complexity index is 461. The molecule has 1 fully saturated rings. The Kier molecular flexibility index (Phi) is 4.75. The monoisotopic (exact) mass is 278 g/mol. The minimum absolute atomic E-state index is 0.0884. The zero-order valence-corrected chi connectivity index (χ0v) is 12.4. The predicted octanol–water partition coefficient (Wildman–Crippen LogP) is 3.30. The quantitative estimate of drug-likeness (QED) is 0.834. The number of hydrogen-bond donors (Lipinski definition) is 2. The summed E-state index contributed by atoms with van der Waals surface area (Å²) in [6.45, 7) is 2.32. The molecule has 2 atom stereocenters. The summed E-state index contributed by atoms with van der Waals surface area (Å²) in [5.74, 6) is 0.729. The Morgan fingerprint density at radius 3 is 2.84 bits per heavy atom. The third kappa shape index (κ3) is 3.66. The Balaban J connectivity index is 2.06. The summed E-state index contributed by atoms with van der Waals surface area (Å²) in [7, 11) is 1.63. The molecule has 1 aromatic carbocycles. The van der Waals surface area contributed by atoms with E-state index in [1.165, 1.54) is 25.7 Å². The molecule has 0 saturated heterocycles. The predicted molar refractivity (Wildman–Crippen MR) is 81.5 cm³/mol. The number of carbonyl (C=O) groups excluding carboxylic acids is 1. The number of benzene rings is 1. The Morgan fingerprint density at radius 2 is 2.21 bits per heavy atom. The fraction of sp³-hybridized carbons (Fsp3) is 0.533. The molecule has 0 aliphatic heterocycles. The molecule has 3 nitrogen and oxygen atoms in total. The zero-order valence-electron chi connectivity index (χ0n) is 11.6. The molecule has 1 saturated carbocycles. The van der Waals surface area contributed by atoms with Crippen LogP contribution in [0.4, 0.5) is 5.69 Å². The minimum Gasteiger partial charge on any atom is -0.398 e. The van der Waals surface area contributed by atoms with Crippen molar-refractivity contribution in [3.05, 3.63) is 23.8 Å². The van der Waals surface area contributed by atoms with E-state index in [1.54, 1.807) is 13.1 Å². The van der Waals surface area contributed by atoms with Crippen molar-refractivity contribution in [3.8, 4) is 0 Å². The van der Waals surface area contributed by atoms with Gasteiger partial charge in [-0.05, 0) is 37.0 Å². The number of nitrogens with two attached hydrogens (primary N) is 1. The molecular weight excluding hydrogens is 256 g/mol. The molecule has 2 unspecified atom stereocenters. The van der Waals surface area contributed by atoms with Gasteiger partial charge in [-0.15, -0.1) is 11.8 Å². The molecular formula is C15H22N2OS. The first-order chi connectivity index (χ1) is 9.10. The van der Waals surface area contributed by atoms with Crippen LogP contribution in [0.5, 0.6) is 0 Å². The van der Waals surface area contributed by atoms with Crippen molar-refractivity contribution < 1.29 is 4.79 Å². The fourth-order valence-corrected chi connectivity index (χ4v) is 4.02. The molecule has 19 heavy (non-hydrogen) atoms. The van der Waals surface area contributed by atoms with Crippen molar-refractivity contribution in [2.24, 2.45) is 5.92 Å². The highest BCUT2D eigenvalue weighted by molar-refractivity contribution is 8.00. The van der Waals surface area contributed by atoms with Crippen LogP contribution in [0.3, 0.4) is 0 Å². The van der Waals surface area contributed by atoms with Crippen LogP contribution >= 0.6 is 11.8 Å². The van der Waals surface area contributed by atoms with Gasteiger partial charge in [0.15, 0.2) is 0 Å². The molecule has 2 rings (SSSR count). The van der Waals surface area contributed by atoms with Gasteiger partial charge in [-0.1, -0.05) is 19.8 Å². The number of thioether (sulfide) groups is 1. The second-order valence-corrected chi connectivity index (χ2v) is 6.69. The lowest BCUT2D eigenvalue weighted by Crippen LogP contribution is -2.18. The molecule has 3 N–H and O–H groups in total. The molecule has 1 aliphatic carbocycles. The van der Waals surface area contributed by atoms with Crippen LogP contribution in [0, 0.1) is 5.92 Å². The van der Waals surface area contributed by atoms with Crippen molar-refractivity contribution in [1.29, 1.82) is 0 Å². The Hall–Kier alpha value is -1.16. The van der Waals surface area contributed by atoms with Crippen molar-refractivity contribution in [1.82, 2.24) is 5.32 Å². The SMILES string of the molecule is CNC(=O)c1ccc(SC2CCCC(C)C2)c(N)c1. The number of carbonyl (C=O) groups is 1. The molecule has 0 heterocycles. The van der Waals surface area contributed by atoms with Crippen LogP contribution in [0.1, 0.15) is 43.0 Å². The lowest BCUT2D eigenvalue weighted by atomic mass is 9.91. The average Bonchev–Trinajstić information content (AvgIpc) is 2.40. The van der Waals surface area contributed by atoms with Crippen LogP contribution in [0.25, 0.3) is 0 Å². The van der Waals surface area contributed by atoms with Gasteiger partial charge in [0, 0.05) is 28.4 Å². The highest BCUT2D eigenvalue weighted by Gasteiger charge is 2.20. The van der Waals surface area contributed by atoms with E-state index in [0.29, 0.717) is 16.5 Å². The molecule has 104 valence electrons. The average molecular weight is 278 g/mol. The van der Waals surface area contributed by atoms with E-state index in [1.807, 2.05) is 23.9 Å². The molecule has 1 amide bonds. The van der Waals surface area contributed by atoms with Gasteiger partial charge in [0.25, 0.3) is 5.91 Å². The van der Waals surface area contributed by atoms with Crippen molar-refractivity contribution in [2.45, 2.75) is 42.8 Å². The van der Waals surface area contributed by atoms with Gasteiger partial charge in [-0.3, -0.25) is 4.79 Å². The first-order valence-electron chi connectivity index (χ1n) is 6.88. The Morgan fingerprint density at radius 1 is 1.42 bits per heavy atom. The summed E-state index contributed by atoms with van der Waals surface area (Å²) >= 11 is 1.87. The number of anilines is 1. The lowest BCUT2D eigenvalue weighted by Gasteiger charge is -2.26. The number of nitrogen functional groups attached to an aromatic ring is 1. The third-order valence-electron chi connectivity index (χ3n) is 3.68. The molecule has 4 heteroatoms. The maximum Gasteiger partial charge on any atom is 0.251 e. The smallest absolute Gasteiger partial charge is 0.251 e. The maximum atomic E-state index is 11.5. The van der Waals surface area contributed by atoms with E-state index < -0.39 is 0 Å².